The third kappa shape index (κ3) is 3.98. The van der Waals surface area contributed by atoms with Gasteiger partial charge in [-0.1, -0.05) is 24.0 Å². The van der Waals surface area contributed by atoms with Crippen molar-refractivity contribution in [2.45, 2.75) is 43.9 Å². The van der Waals surface area contributed by atoms with Crippen molar-refractivity contribution in [3.05, 3.63) is 48.0 Å². The van der Waals surface area contributed by atoms with Gasteiger partial charge in [-0.2, -0.15) is 0 Å². The fourth-order valence-electron chi connectivity index (χ4n) is 3.58. The van der Waals surface area contributed by atoms with Crippen LogP contribution in [0.1, 0.15) is 30.2 Å². The van der Waals surface area contributed by atoms with Crippen molar-refractivity contribution >= 4 is 17.0 Å². The number of benzene rings is 1. The van der Waals surface area contributed by atoms with Gasteiger partial charge in [-0.05, 0) is 30.5 Å². The average molecular weight is 421 g/mol. The number of aliphatic hydroxyl groups is 3. The van der Waals surface area contributed by atoms with Gasteiger partial charge in [0.15, 0.2) is 23.2 Å². The van der Waals surface area contributed by atoms with Crippen molar-refractivity contribution < 1.29 is 20.1 Å². The lowest BCUT2D eigenvalue weighted by Crippen LogP contribution is -2.33. The van der Waals surface area contributed by atoms with Crippen molar-refractivity contribution in [3.8, 4) is 11.8 Å². The third-order valence-corrected chi connectivity index (χ3v) is 5.56. The van der Waals surface area contributed by atoms with Crippen LogP contribution in [-0.4, -0.2) is 59.8 Å². The highest BCUT2D eigenvalue weighted by molar-refractivity contribution is 5.82. The summed E-state index contributed by atoms with van der Waals surface area (Å²) in [6.45, 7) is 0.150. The zero-order valence-electron chi connectivity index (χ0n) is 16.7. The predicted octanol–water partition coefficient (Wildman–Crippen LogP) is 0.811. The van der Waals surface area contributed by atoms with E-state index >= 15 is 0 Å². The molecular formula is C22H23N5O4. The Morgan fingerprint density at radius 1 is 1.10 bits per heavy atom. The van der Waals surface area contributed by atoms with Crippen molar-refractivity contribution in [3.63, 3.8) is 0 Å². The Morgan fingerprint density at radius 2 is 1.90 bits per heavy atom. The first-order chi connectivity index (χ1) is 15.1. The topological polar surface area (TPSA) is 126 Å². The van der Waals surface area contributed by atoms with Gasteiger partial charge in [-0.25, -0.2) is 15.0 Å². The van der Waals surface area contributed by atoms with Crippen LogP contribution in [0.25, 0.3) is 11.2 Å². The van der Waals surface area contributed by atoms with Crippen molar-refractivity contribution in [1.29, 1.82) is 0 Å². The first-order valence-corrected chi connectivity index (χ1v) is 10.3. The van der Waals surface area contributed by atoms with Crippen LogP contribution in [-0.2, 0) is 11.3 Å². The number of aromatic nitrogens is 4. The second-order valence-electron chi connectivity index (χ2n) is 7.87. The summed E-state index contributed by atoms with van der Waals surface area (Å²) in [5.41, 5.74) is 3.06. The summed E-state index contributed by atoms with van der Waals surface area (Å²) in [5, 5.41) is 32.9. The molecule has 9 heteroatoms. The van der Waals surface area contributed by atoms with Crippen molar-refractivity contribution in [2.75, 3.05) is 11.9 Å². The van der Waals surface area contributed by atoms with Gasteiger partial charge in [0.2, 0.25) is 0 Å². The van der Waals surface area contributed by atoms with Crippen LogP contribution < -0.4 is 5.32 Å². The van der Waals surface area contributed by atoms with Crippen LogP contribution >= 0.6 is 0 Å². The van der Waals surface area contributed by atoms with E-state index < -0.39 is 31.1 Å². The average Bonchev–Trinajstić information content (AvgIpc) is 3.47. The number of nitrogens with one attached hydrogen (secondary N) is 1. The molecule has 0 amide bonds. The number of nitrogens with zero attached hydrogens (tertiary/aromatic N) is 4. The second-order valence-corrected chi connectivity index (χ2v) is 7.87. The summed E-state index contributed by atoms with van der Waals surface area (Å²) in [4.78, 5) is 12.9. The molecule has 3 aromatic rings. The van der Waals surface area contributed by atoms with Gasteiger partial charge < -0.3 is 25.4 Å². The molecule has 160 valence electrons. The molecule has 5 rings (SSSR count). The number of hydrogen-bond acceptors (Lipinski definition) is 8. The maximum atomic E-state index is 10.3. The Kier molecular flexibility index (Phi) is 5.29. The summed E-state index contributed by atoms with van der Waals surface area (Å²) in [5.74, 6) is 7.59. The molecule has 4 N–H and O–H groups in total. The normalized spacial score (nSPS) is 25.4. The molecule has 1 aromatic carbocycles. The van der Waals surface area contributed by atoms with Crippen LogP contribution in [0.2, 0.25) is 0 Å². The van der Waals surface area contributed by atoms with E-state index in [2.05, 4.69) is 32.1 Å². The first kappa shape index (κ1) is 19.9. The quantitative estimate of drug-likeness (QED) is 0.446. The van der Waals surface area contributed by atoms with E-state index in [0.29, 0.717) is 29.4 Å². The lowest BCUT2D eigenvalue weighted by atomic mass is 10.1. The molecule has 2 aliphatic rings. The maximum Gasteiger partial charge on any atom is 0.167 e. The molecule has 1 aliphatic carbocycles. The number of imidazole rings is 1. The van der Waals surface area contributed by atoms with E-state index in [1.165, 1.54) is 25.5 Å². The molecule has 0 unspecified atom stereocenters. The lowest BCUT2D eigenvalue weighted by Gasteiger charge is -2.16. The molecule has 3 heterocycles. The Balaban J connectivity index is 1.32. The van der Waals surface area contributed by atoms with Crippen LogP contribution in [0.5, 0.6) is 0 Å². The van der Waals surface area contributed by atoms with Crippen molar-refractivity contribution in [2.24, 2.45) is 5.92 Å². The van der Waals surface area contributed by atoms with E-state index in [0.717, 1.165) is 11.1 Å². The molecule has 0 radical (unpaired) electrons. The molecule has 0 spiro atoms. The van der Waals surface area contributed by atoms with Gasteiger partial charge in [0.25, 0.3) is 0 Å². The third-order valence-electron chi connectivity index (χ3n) is 5.56. The molecule has 1 saturated heterocycles. The summed E-state index contributed by atoms with van der Waals surface area (Å²) < 4.78 is 7.13. The van der Waals surface area contributed by atoms with Crippen LogP contribution in [0.4, 0.5) is 5.82 Å². The van der Waals surface area contributed by atoms with Crippen LogP contribution in [0, 0.1) is 17.8 Å². The van der Waals surface area contributed by atoms with Gasteiger partial charge in [-0.3, -0.25) is 4.57 Å². The minimum Gasteiger partial charge on any atom is -0.394 e. The number of rotatable bonds is 5. The summed E-state index contributed by atoms with van der Waals surface area (Å²) in [7, 11) is 0. The predicted molar refractivity (Wildman–Crippen MR) is 112 cm³/mol. The molecule has 4 atom stereocenters. The standard InChI is InChI=1S/C22H23N5O4/c28-10-16-18(29)19(30)22(31-16)27-12-26-17-20(24-11-25-21(17)27)23-9-15-7-5-14(6-8-15)4-3-13-1-2-13/h5-8,11-13,16,18-19,22,28-30H,1-2,9-10H2,(H,23,24,25)/t16-,18-,19-,22-/m1/s1. The molecule has 2 aromatic heterocycles. The number of hydrogen-bond donors (Lipinski definition) is 4. The number of fused-ring (bicyclic) bond motifs is 1. The van der Waals surface area contributed by atoms with Crippen LogP contribution in [0.3, 0.4) is 0 Å². The molecule has 2 fully saturated rings. The monoisotopic (exact) mass is 421 g/mol. The fraction of sp³-hybridized carbons (Fsp3) is 0.409. The van der Waals surface area contributed by atoms with E-state index in [9.17, 15) is 15.3 Å². The van der Waals surface area contributed by atoms with Gasteiger partial charge in [0.05, 0.1) is 12.9 Å². The van der Waals surface area contributed by atoms with Crippen LogP contribution in [0.15, 0.2) is 36.9 Å². The second kappa shape index (κ2) is 8.24. The highest BCUT2D eigenvalue weighted by Crippen LogP contribution is 2.32. The number of ether oxygens (including phenoxy) is 1. The van der Waals surface area contributed by atoms with E-state index in [4.69, 9.17) is 4.74 Å². The molecule has 1 saturated carbocycles. The summed E-state index contributed by atoms with van der Waals surface area (Å²) >= 11 is 0. The Hall–Kier alpha value is -3.03. The minimum absolute atomic E-state index is 0.395. The largest absolute Gasteiger partial charge is 0.394 e. The first-order valence-electron chi connectivity index (χ1n) is 10.3. The highest BCUT2D eigenvalue weighted by Gasteiger charge is 2.44. The van der Waals surface area contributed by atoms with Gasteiger partial charge >= 0.3 is 0 Å². The minimum atomic E-state index is -1.21. The SMILES string of the molecule is OC[C@H]1O[C@@H](n2cnc3c(NCc4ccc(C#CC5CC5)cc4)ncnc32)[C@H](O)[C@@H]1O. The Morgan fingerprint density at radius 3 is 2.61 bits per heavy atom. The zero-order chi connectivity index (χ0) is 21.4. The van der Waals surface area contributed by atoms with E-state index in [1.807, 2.05) is 24.3 Å². The van der Waals surface area contributed by atoms with Gasteiger partial charge in [0.1, 0.15) is 24.6 Å². The molecule has 0 bridgehead atoms. The van der Waals surface area contributed by atoms with E-state index in [-0.39, 0.29) is 0 Å². The smallest absolute Gasteiger partial charge is 0.167 e. The number of anilines is 1. The zero-order valence-corrected chi connectivity index (χ0v) is 16.7. The molecule has 9 nitrogen and oxygen atoms in total. The lowest BCUT2D eigenvalue weighted by molar-refractivity contribution is -0.0511. The summed E-state index contributed by atoms with van der Waals surface area (Å²) in [6, 6.07) is 8.08. The van der Waals surface area contributed by atoms with Gasteiger partial charge in [0, 0.05) is 18.0 Å². The fourth-order valence-corrected chi connectivity index (χ4v) is 3.58. The highest BCUT2D eigenvalue weighted by atomic mass is 16.6. The Labute approximate surface area is 178 Å². The van der Waals surface area contributed by atoms with Gasteiger partial charge in [-0.15, -0.1) is 0 Å². The number of aliphatic hydroxyl groups excluding tert-OH is 3. The van der Waals surface area contributed by atoms with Crippen molar-refractivity contribution in [1.82, 2.24) is 19.5 Å². The Bertz CT molecular complexity index is 1130. The maximum absolute atomic E-state index is 10.3. The molecular weight excluding hydrogens is 398 g/mol. The molecule has 1 aliphatic heterocycles. The van der Waals surface area contributed by atoms with E-state index in [1.54, 1.807) is 4.57 Å². The summed E-state index contributed by atoms with van der Waals surface area (Å²) in [6.07, 6.45) is 1.15. The molecule has 31 heavy (non-hydrogen) atoms.